The predicted molar refractivity (Wildman–Crippen MR) is 114 cm³/mol. The van der Waals surface area contributed by atoms with Gasteiger partial charge in [0.1, 0.15) is 5.60 Å². The predicted octanol–water partition coefficient (Wildman–Crippen LogP) is 4.32. The van der Waals surface area contributed by atoms with E-state index in [4.69, 9.17) is 14.2 Å². The number of halogens is 1. The maximum atomic E-state index is 12.2. The Kier molecular flexibility index (Phi) is 7.04. The number of nitrogens with zero attached hydrogens (tertiary/aromatic N) is 1. The second kappa shape index (κ2) is 9.51. The van der Waals surface area contributed by atoms with Gasteiger partial charge in [-0.3, -0.25) is 4.79 Å². The van der Waals surface area contributed by atoms with E-state index in [-0.39, 0.29) is 25.2 Å². The molecule has 0 unspecified atom stereocenters. The highest BCUT2D eigenvalue weighted by Crippen LogP contribution is 2.42. The molecule has 0 saturated carbocycles. The molecular weight excluding hydrogens is 390 g/mol. The summed E-state index contributed by atoms with van der Waals surface area (Å²) in [6.45, 7) is 4.90. The van der Waals surface area contributed by atoms with Crippen molar-refractivity contribution >= 4 is 18.4 Å². The van der Waals surface area contributed by atoms with Gasteiger partial charge in [0.15, 0.2) is 11.5 Å². The largest absolute Gasteiger partial charge is 0.454 e. The lowest BCUT2D eigenvalue weighted by molar-refractivity contribution is -0.166. The van der Waals surface area contributed by atoms with E-state index in [9.17, 15) is 4.79 Å². The Morgan fingerprint density at radius 2 is 1.79 bits per heavy atom. The number of benzene rings is 2. The van der Waals surface area contributed by atoms with Crippen LogP contribution in [0.5, 0.6) is 11.5 Å². The monoisotopic (exact) mass is 417 g/mol. The molecule has 0 amide bonds. The summed E-state index contributed by atoms with van der Waals surface area (Å²) >= 11 is 0. The lowest BCUT2D eigenvalue weighted by Crippen LogP contribution is -2.45. The Bertz CT molecular complexity index is 819. The van der Waals surface area contributed by atoms with Crippen molar-refractivity contribution in [2.45, 2.75) is 38.2 Å². The minimum atomic E-state index is -0.586. The summed E-state index contributed by atoms with van der Waals surface area (Å²) in [5, 5.41) is 0. The van der Waals surface area contributed by atoms with Crippen LogP contribution in [0.4, 0.5) is 0 Å². The highest BCUT2D eigenvalue weighted by Gasteiger charge is 2.40. The Labute approximate surface area is 178 Å². The summed E-state index contributed by atoms with van der Waals surface area (Å²) in [5.74, 6) is 1.33. The van der Waals surface area contributed by atoms with E-state index in [1.165, 1.54) is 5.56 Å². The Hall–Kier alpha value is -2.24. The van der Waals surface area contributed by atoms with Crippen molar-refractivity contribution in [3.8, 4) is 11.5 Å². The number of ether oxygens (including phenoxy) is 3. The summed E-state index contributed by atoms with van der Waals surface area (Å²) in [6.07, 6.45) is 2.98. The van der Waals surface area contributed by atoms with E-state index < -0.39 is 5.60 Å². The number of rotatable bonds is 6. The average molecular weight is 418 g/mol. The van der Waals surface area contributed by atoms with Crippen molar-refractivity contribution in [3.63, 3.8) is 0 Å². The summed E-state index contributed by atoms with van der Waals surface area (Å²) in [6, 6.07) is 16.5. The first-order valence-corrected chi connectivity index (χ1v) is 10.1. The fourth-order valence-corrected chi connectivity index (χ4v) is 3.99. The molecule has 0 aliphatic carbocycles. The zero-order chi connectivity index (χ0) is 19.4. The first kappa shape index (κ1) is 21.5. The fraction of sp³-hybridized carbons (Fsp3) is 0.435. The van der Waals surface area contributed by atoms with Crippen LogP contribution >= 0.6 is 12.4 Å². The van der Waals surface area contributed by atoms with Crippen molar-refractivity contribution < 1.29 is 19.0 Å². The molecule has 156 valence electrons. The third kappa shape index (κ3) is 4.85. The van der Waals surface area contributed by atoms with Gasteiger partial charge in [0.2, 0.25) is 6.79 Å². The van der Waals surface area contributed by atoms with Gasteiger partial charge in [-0.15, -0.1) is 12.4 Å². The smallest absolute Gasteiger partial charge is 0.306 e. The summed E-state index contributed by atoms with van der Waals surface area (Å²) in [4.78, 5) is 14.6. The molecule has 5 nitrogen and oxygen atoms in total. The molecule has 0 aromatic heterocycles. The molecule has 1 saturated heterocycles. The Morgan fingerprint density at radius 1 is 1.07 bits per heavy atom. The number of piperidine rings is 1. The molecule has 0 bridgehead atoms. The molecule has 29 heavy (non-hydrogen) atoms. The van der Waals surface area contributed by atoms with Gasteiger partial charge in [0.25, 0.3) is 0 Å². The molecule has 2 aliphatic heterocycles. The number of hydrogen-bond donors (Lipinski definition) is 0. The number of fused-ring (bicyclic) bond motifs is 1. The van der Waals surface area contributed by atoms with Gasteiger partial charge >= 0.3 is 5.97 Å². The molecule has 0 N–H and O–H groups in total. The maximum Gasteiger partial charge on any atom is 0.306 e. The summed E-state index contributed by atoms with van der Waals surface area (Å²) < 4.78 is 17.0. The number of carbonyl (C=O) groups excluding carboxylic acids is 1. The molecule has 0 atom stereocenters. The third-order valence-electron chi connectivity index (χ3n) is 5.72. The van der Waals surface area contributed by atoms with Crippen molar-refractivity contribution in [1.82, 2.24) is 4.90 Å². The minimum Gasteiger partial charge on any atom is -0.454 e. The van der Waals surface area contributed by atoms with Crippen molar-refractivity contribution in [2.24, 2.45) is 0 Å². The highest BCUT2D eigenvalue weighted by molar-refractivity contribution is 5.85. The average Bonchev–Trinajstić information content (AvgIpc) is 3.22. The van der Waals surface area contributed by atoms with E-state index in [0.717, 1.165) is 56.0 Å². The molecule has 2 heterocycles. The highest BCUT2D eigenvalue weighted by atomic mass is 35.5. The summed E-state index contributed by atoms with van der Waals surface area (Å²) in [5.41, 5.74) is 1.77. The van der Waals surface area contributed by atoms with Crippen LogP contribution in [-0.2, 0) is 21.6 Å². The molecule has 2 aromatic rings. The normalized spacial score (nSPS) is 17.4. The van der Waals surface area contributed by atoms with Crippen LogP contribution < -0.4 is 9.47 Å². The molecule has 1 fully saturated rings. The van der Waals surface area contributed by atoms with Crippen LogP contribution in [0.2, 0.25) is 0 Å². The van der Waals surface area contributed by atoms with Gasteiger partial charge in [-0.05, 0) is 29.7 Å². The van der Waals surface area contributed by atoms with Crippen molar-refractivity contribution in [3.05, 3.63) is 59.7 Å². The molecule has 2 aromatic carbocycles. The maximum absolute atomic E-state index is 12.2. The Morgan fingerprint density at radius 3 is 2.52 bits per heavy atom. The lowest BCUT2D eigenvalue weighted by Gasteiger charge is -2.41. The van der Waals surface area contributed by atoms with Gasteiger partial charge < -0.3 is 19.1 Å². The van der Waals surface area contributed by atoms with E-state index in [1.54, 1.807) is 0 Å². The topological polar surface area (TPSA) is 48.0 Å². The number of carbonyl (C=O) groups is 1. The molecule has 4 rings (SSSR count). The van der Waals surface area contributed by atoms with Crippen LogP contribution in [0.25, 0.3) is 0 Å². The van der Waals surface area contributed by atoms with Gasteiger partial charge in [0.05, 0.1) is 0 Å². The van der Waals surface area contributed by atoms with E-state index in [2.05, 4.69) is 29.2 Å². The van der Waals surface area contributed by atoms with E-state index in [0.29, 0.717) is 6.42 Å². The number of esters is 1. The van der Waals surface area contributed by atoms with Gasteiger partial charge in [-0.25, -0.2) is 0 Å². The van der Waals surface area contributed by atoms with E-state index >= 15 is 0 Å². The van der Waals surface area contributed by atoms with Crippen LogP contribution in [0.15, 0.2) is 48.5 Å². The fourth-order valence-electron chi connectivity index (χ4n) is 3.99. The van der Waals surface area contributed by atoms with Crippen LogP contribution in [0.1, 0.15) is 37.3 Å². The molecule has 2 aliphatic rings. The first-order chi connectivity index (χ1) is 13.7. The van der Waals surface area contributed by atoms with Gasteiger partial charge in [-0.2, -0.15) is 0 Å². The quantitative estimate of drug-likeness (QED) is 0.655. The molecule has 6 heteroatoms. The molecule has 0 radical (unpaired) electrons. The standard InChI is InChI=1S/C23H27NO4.ClH/c1-2-22(25)28-23(19-8-9-20-21(16-19)27-17-26-20)11-14-24(15-12-23)13-10-18-6-4-3-5-7-18;/h3-9,16H,2,10-15,17H2,1H3;1H. The second-order valence-corrected chi connectivity index (χ2v) is 7.47. The van der Waals surface area contributed by atoms with E-state index in [1.807, 2.05) is 31.2 Å². The third-order valence-corrected chi connectivity index (χ3v) is 5.72. The first-order valence-electron chi connectivity index (χ1n) is 10.1. The lowest BCUT2D eigenvalue weighted by atomic mass is 9.83. The summed E-state index contributed by atoms with van der Waals surface area (Å²) in [7, 11) is 0. The second-order valence-electron chi connectivity index (χ2n) is 7.47. The SMILES string of the molecule is CCC(=O)OC1(c2ccc3c(c2)OCO3)CCN(CCc2ccccc2)CC1.Cl. The zero-order valence-electron chi connectivity index (χ0n) is 16.8. The van der Waals surface area contributed by atoms with Crippen LogP contribution in [-0.4, -0.2) is 37.3 Å². The van der Waals surface area contributed by atoms with Gasteiger partial charge in [-0.1, -0.05) is 43.3 Å². The number of hydrogen-bond acceptors (Lipinski definition) is 5. The molecule has 0 spiro atoms. The Balaban J connectivity index is 0.00000240. The minimum absolute atomic E-state index is 0. The zero-order valence-corrected chi connectivity index (χ0v) is 17.6. The van der Waals surface area contributed by atoms with Crippen molar-refractivity contribution in [1.29, 1.82) is 0 Å². The number of likely N-dealkylation sites (tertiary alicyclic amines) is 1. The van der Waals surface area contributed by atoms with Crippen LogP contribution in [0.3, 0.4) is 0 Å². The molecular formula is C23H28ClNO4. The van der Waals surface area contributed by atoms with Crippen molar-refractivity contribution in [2.75, 3.05) is 26.4 Å². The van der Waals surface area contributed by atoms with Crippen LogP contribution in [0, 0.1) is 0 Å². The van der Waals surface area contributed by atoms with Gasteiger partial charge in [0, 0.05) is 38.9 Å².